The van der Waals surface area contributed by atoms with Crippen molar-refractivity contribution in [3.05, 3.63) is 45.9 Å². The molecule has 0 aliphatic rings. The lowest BCUT2D eigenvalue weighted by Gasteiger charge is -2.12. The van der Waals surface area contributed by atoms with Gasteiger partial charge in [-0.15, -0.1) is 11.3 Å². The van der Waals surface area contributed by atoms with E-state index in [9.17, 15) is 8.78 Å². The Hall–Kier alpha value is -2.22. The first-order valence-electron chi connectivity index (χ1n) is 8.09. The Morgan fingerprint density at radius 2 is 2.12 bits per heavy atom. The number of aryl methyl sites for hydroxylation is 1. The second-order valence-electron chi connectivity index (χ2n) is 5.22. The summed E-state index contributed by atoms with van der Waals surface area (Å²) >= 11 is 1.63. The fourth-order valence-electron chi connectivity index (χ4n) is 2.05. The quantitative estimate of drug-likeness (QED) is 0.427. The van der Waals surface area contributed by atoms with Gasteiger partial charge >= 0.3 is 0 Å². The zero-order valence-corrected chi connectivity index (χ0v) is 15.1. The molecule has 1 aromatic heterocycles. The number of aliphatic imine (C=N–C) groups is 1. The molecular formula is C17H22F2N4OS. The summed E-state index contributed by atoms with van der Waals surface area (Å²) in [7, 11) is 0. The third kappa shape index (κ3) is 6.66. The lowest BCUT2D eigenvalue weighted by molar-refractivity contribution is 0.318. The molecule has 1 heterocycles. The third-order valence-corrected chi connectivity index (χ3v) is 4.03. The van der Waals surface area contributed by atoms with Gasteiger partial charge in [-0.1, -0.05) is 0 Å². The topological polar surface area (TPSA) is 58.5 Å². The summed E-state index contributed by atoms with van der Waals surface area (Å²) in [6.45, 7) is 6.13. The van der Waals surface area contributed by atoms with Crippen molar-refractivity contribution in [1.29, 1.82) is 0 Å². The van der Waals surface area contributed by atoms with Gasteiger partial charge in [0.15, 0.2) is 17.6 Å². The summed E-state index contributed by atoms with van der Waals surface area (Å²) in [5.74, 6) is -0.829. The van der Waals surface area contributed by atoms with Crippen LogP contribution in [0.4, 0.5) is 8.78 Å². The number of hydrogen-bond donors (Lipinski definition) is 2. The van der Waals surface area contributed by atoms with Crippen LogP contribution in [0.1, 0.15) is 17.6 Å². The molecule has 25 heavy (non-hydrogen) atoms. The number of benzene rings is 1. The Labute approximate surface area is 150 Å². The number of ether oxygens (including phenoxy) is 1. The molecule has 0 spiro atoms. The minimum absolute atomic E-state index is 0.293. The molecule has 0 unspecified atom stereocenters. The highest BCUT2D eigenvalue weighted by molar-refractivity contribution is 7.09. The van der Waals surface area contributed by atoms with Crippen LogP contribution in [0, 0.1) is 18.6 Å². The minimum Gasteiger partial charge on any atom is -0.492 e. The van der Waals surface area contributed by atoms with Crippen LogP contribution < -0.4 is 15.4 Å². The molecule has 0 saturated heterocycles. The molecule has 0 radical (unpaired) electrons. The van der Waals surface area contributed by atoms with E-state index in [4.69, 9.17) is 4.74 Å². The molecule has 5 nitrogen and oxygen atoms in total. The van der Waals surface area contributed by atoms with Crippen molar-refractivity contribution in [3.63, 3.8) is 0 Å². The maximum absolute atomic E-state index is 13.1. The normalized spacial score (nSPS) is 11.4. The number of halogens is 2. The molecule has 136 valence electrons. The molecule has 0 saturated carbocycles. The molecule has 0 fully saturated rings. The summed E-state index contributed by atoms with van der Waals surface area (Å²) in [6.07, 6.45) is 0.784. The van der Waals surface area contributed by atoms with Crippen LogP contribution in [0.3, 0.4) is 0 Å². The smallest absolute Gasteiger partial charge is 0.191 e. The first-order valence-corrected chi connectivity index (χ1v) is 8.97. The number of nitrogens with zero attached hydrogens (tertiary/aromatic N) is 2. The summed E-state index contributed by atoms with van der Waals surface area (Å²) in [5, 5.41) is 9.38. The first kappa shape index (κ1) is 19.1. The Kier molecular flexibility index (Phi) is 7.59. The fourth-order valence-corrected chi connectivity index (χ4v) is 2.70. The molecule has 0 aliphatic heterocycles. The van der Waals surface area contributed by atoms with Crippen molar-refractivity contribution in [2.45, 2.75) is 20.3 Å². The molecule has 2 N–H and O–H groups in total. The van der Waals surface area contributed by atoms with Gasteiger partial charge in [-0.2, -0.15) is 0 Å². The van der Waals surface area contributed by atoms with Crippen LogP contribution in [0.2, 0.25) is 0 Å². The van der Waals surface area contributed by atoms with E-state index in [0.717, 1.165) is 35.8 Å². The number of nitrogens with one attached hydrogen (secondary N) is 2. The van der Waals surface area contributed by atoms with E-state index in [-0.39, 0.29) is 0 Å². The molecule has 0 amide bonds. The highest BCUT2D eigenvalue weighted by atomic mass is 32.1. The van der Waals surface area contributed by atoms with Crippen molar-refractivity contribution in [1.82, 2.24) is 15.6 Å². The third-order valence-electron chi connectivity index (χ3n) is 3.20. The molecular weight excluding hydrogens is 346 g/mol. The monoisotopic (exact) mass is 368 g/mol. The first-order chi connectivity index (χ1) is 12.1. The van der Waals surface area contributed by atoms with Gasteiger partial charge < -0.3 is 15.4 Å². The Balaban J connectivity index is 1.74. The van der Waals surface area contributed by atoms with Gasteiger partial charge in [-0.3, -0.25) is 4.99 Å². The van der Waals surface area contributed by atoms with Crippen LogP contribution >= 0.6 is 11.3 Å². The second kappa shape index (κ2) is 9.93. The molecule has 2 aromatic rings. The van der Waals surface area contributed by atoms with Crippen LogP contribution in [-0.2, 0) is 6.42 Å². The Morgan fingerprint density at radius 3 is 2.80 bits per heavy atom. The molecule has 1 aromatic carbocycles. The maximum Gasteiger partial charge on any atom is 0.191 e. The van der Waals surface area contributed by atoms with E-state index in [1.54, 1.807) is 11.3 Å². The fraction of sp³-hybridized carbons (Fsp3) is 0.412. The maximum atomic E-state index is 13.1. The highest BCUT2D eigenvalue weighted by Gasteiger charge is 2.03. The number of aromatic nitrogens is 1. The van der Waals surface area contributed by atoms with Crippen LogP contribution in [0.5, 0.6) is 5.75 Å². The number of thiazole rings is 1. The summed E-state index contributed by atoms with van der Waals surface area (Å²) in [4.78, 5) is 8.89. The van der Waals surface area contributed by atoms with E-state index < -0.39 is 11.6 Å². The lowest BCUT2D eigenvalue weighted by Crippen LogP contribution is -2.39. The van der Waals surface area contributed by atoms with Crippen molar-refractivity contribution in [2.75, 3.05) is 26.2 Å². The Bertz CT molecular complexity index is 706. The lowest BCUT2D eigenvalue weighted by atomic mass is 10.3. The SMILES string of the molecule is CCNC(=NCCc1csc(C)n1)NCCOc1ccc(F)c(F)c1. The summed E-state index contributed by atoms with van der Waals surface area (Å²) < 4.78 is 31.3. The van der Waals surface area contributed by atoms with Gasteiger partial charge in [-0.05, 0) is 26.0 Å². The van der Waals surface area contributed by atoms with Crippen molar-refractivity contribution in [2.24, 2.45) is 4.99 Å². The average molecular weight is 368 g/mol. The van der Waals surface area contributed by atoms with Crippen LogP contribution in [0.25, 0.3) is 0 Å². The molecule has 0 bridgehead atoms. The van der Waals surface area contributed by atoms with E-state index >= 15 is 0 Å². The molecule has 0 atom stereocenters. The van der Waals surface area contributed by atoms with Gasteiger partial charge in [-0.25, -0.2) is 13.8 Å². The van der Waals surface area contributed by atoms with Crippen LogP contribution in [0.15, 0.2) is 28.6 Å². The summed E-state index contributed by atoms with van der Waals surface area (Å²) in [5.41, 5.74) is 1.05. The van der Waals surface area contributed by atoms with Crippen molar-refractivity contribution in [3.8, 4) is 5.75 Å². The Morgan fingerprint density at radius 1 is 1.28 bits per heavy atom. The second-order valence-corrected chi connectivity index (χ2v) is 6.28. The standard InChI is InChI=1S/C17H22F2N4OS/c1-3-20-17(21-7-6-13-11-25-12(2)23-13)22-8-9-24-14-4-5-15(18)16(19)10-14/h4-5,10-11H,3,6-9H2,1-2H3,(H2,20,21,22). The van der Waals surface area contributed by atoms with Gasteiger partial charge in [0.2, 0.25) is 0 Å². The van der Waals surface area contributed by atoms with E-state index in [1.165, 1.54) is 6.07 Å². The zero-order chi connectivity index (χ0) is 18.1. The van der Waals surface area contributed by atoms with E-state index in [0.29, 0.717) is 31.4 Å². The summed E-state index contributed by atoms with van der Waals surface area (Å²) in [6, 6.07) is 3.47. The van der Waals surface area contributed by atoms with E-state index in [2.05, 4.69) is 20.6 Å². The van der Waals surface area contributed by atoms with Gasteiger partial charge in [0.1, 0.15) is 12.4 Å². The predicted molar refractivity (Wildman–Crippen MR) is 96.4 cm³/mol. The highest BCUT2D eigenvalue weighted by Crippen LogP contribution is 2.15. The van der Waals surface area contributed by atoms with E-state index in [1.807, 2.05) is 19.2 Å². The minimum atomic E-state index is -0.919. The zero-order valence-electron chi connectivity index (χ0n) is 14.3. The molecule has 2 rings (SSSR count). The predicted octanol–water partition coefficient (Wildman–Crippen LogP) is 2.91. The van der Waals surface area contributed by atoms with Gasteiger partial charge in [0, 0.05) is 31.0 Å². The molecule has 8 heteroatoms. The number of rotatable bonds is 8. The van der Waals surface area contributed by atoms with Crippen molar-refractivity contribution >= 4 is 17.3 Å². The number of guanidine groups is 1. The van der Waals surface area contributed by atoms with Crippen LogP contribution in [-0.4, -0.2) is 37.2 Å². The number of hydrogen-bond acceptors (Lipinski definition) is 4. The van der Waals surface area contributed by atoms with Gasteiger partial charge in [0.25, 0.3) is 0 Å². The molecule has 0 aliphatic carbocycles. The largest absolute Gasteiger partial charge is 0.492 e. The van der Waals surface area contributed by atoms with Gasteiger partial charge in [0.05, 0.1) is 17.2 Å². The van der Waals surface area contributed by atoms with Crippen molar-refractivity contribution < 1.29 is 13.5 Å². The average Bonchev–Trinajstić information content (AvgIpc) is 3.00.